The average Bonchev–Trinajstić information content (AvgIpc) is 3.02. The molecule has 2 rings (SSSR count). The number of carbonyl (C=O) groups excluding carboxylic acids is 1. The molecule has 1 amide bonds. The van der Waals surface area contributed by atoms with Crippen molar-refractivity contribution in [1.82, 2.24) is 9.78 Å². The molecule has 0 unspecified atom stereocenters. The molecule has 1 aromatic carbocycles. The van der Waals surface area contributed by atoms with Crippen LogP contribution < -0.4 is 10.6 Å². The molecule has 0 spiro atoms. The number of nitro groups is 1. The number of carboxylic acids is 1. The van der Waals surface area contributed by atoms with Crippen molar-refractivity contribution in [2.45, 2.75) is 19.4 Å². The van der Waals surface area contributed by atoms with Gasteiger partial charge in [-0.1, -0.05) is 12.1 Å². The monoisotopic (exact) mass is 347 g/mol. The molecule has 0 aliphatic carbocycles. The Morgan fingerprint density at radius 3 is 2.68 bits per heavy atom. The maximum atomic E-state index is 12.0. The lowest BCUT2D eigenvalue weighted by molar-refractivity contribution is -0.383. The lowest BCUT2D eigenvalue weighted by Gasteiger charge is -2.19. The average molecular weight is 347 g/mol. The van der Waals surface area contributed by atoms with Gasteiger partial charge in [0.15, 0.2) is 5.54 Å². The summed E-state index contributed by atoms with van der Waals surface area (Å²) in [7, 11) is 0. The van der Waals surface area contributed by atoms with E-state index in [0.29, 0.717) is 5.69 Å². The van der Waals surface area contributed by atoms with Gasteiger partial charge in [0.05, 0.1) is 23.4 Å². The van der Waals surface area contributed by atoms with E-state index in [1.54, 1.807) is 6.07 Å². The molecule has 25 heavy (non-hydrogen) atoms. The van der Waals surface area contributed by atoms with Crippen molar-refractivity contribution in [1.29, 1.82) is 0 Å². The lowest BCUT2D eigenvalue weighted by Crippen LogP contribution is -2.35. The maximum Gasteiger partial charge on any atom is 0.331 e. The van der Waals surface area contributed by atoms with E-state index >= 15 is 0 Å². The molecule has 1 aromatic heterocycles. The number of carboxylic acid groups (broad SMARTS) is 1. The minimum atomic E-state index is -1.26. The van der Waals surface area contributed by atoms with Crippen molar-refractivity contribution in [2.75, 3.05) is 17.2 Å². The van der Waals surface area contributed by atoms with Gasteiger partial charge in [-0.25, -0.2) is 4.79 Å². The Labute approximate surface area is 142 Å². The fraction of sp³-hybridized carbons (Fsp3) is 0.267. The molecule has 0 bridgehead atoms. The number of para-hydroxylation sites is 2. The molecule has 132 valence electrons. The van der Waals surface area contributed by atoms with E-state index in [9.17, 15) is 19.7 Å². The third kappa shape index (κ3) is 4.10. The van der Waals surface area contributed by atoms with Crippen LogP contribution >= 0.6 is 0 Å². The third-order valence-corrected chi connectivity index (χ3v) is 3.50. The molecule has 0 saturated heterocycles. The molecule has 0 saturated carbocycles. The predicted molar refractivity (Wildman–Crippen MR) is 89.4 cm³/mol. The largest absolute Gasteiger partial charge is 0.479 e. The number of anilines is 2. The summed E-state index contributed by atoms with van der Waals surface area (Å²) in [6, 6.07) is 5.98. The second-order valence-electron chi connectivity index (χ2n) is 5.71. The van der Waals surface area contributed by atoms with Gasteiger partial charge < -0.3 is 15.7 Å². The number of nitrogens with zero attached hydrogens (tertiary/aromatic N) is 3. The van der Waals surface area contributed by atoms with E-state index in [2.05, 4.69) is 15.7 Å². The number of aliphatic carboxylic acids is 1. The summed E-state index contributed by atoms with van der Waals surface area (Å²) in [5.41, 5.74) is -0.841. The second-order valence-corrected chi connectivity index (χ2v) is 5.71. The SMILES string of the molecule is CC(C)(C(=O)O)n1cc(NC(=O)CNc2ccccc2[N+](=O)[O-])cn1. The van der Waals surface area contributed by atoms with Gasteiger partial charge in [-0.05, 0) is 19.9 Å². The summed E-state index contributed by atoms with van der Waals surface area (Å²) < 4.78 is 1.22. The minimum Gasteiger partial charge on any atom is -0.479 e. The number of aromatic nitrogens is 2. The van der Waals surface area contributed by atoms with E-state index in [0.717, 1.165) is 0 Å². The van der Waals surface area contributed by atoms with Crippen LogP contribution in [0.4, 0.5) is 17.1 Å². The highest BCUT2D eigenvalue weighted by Crippen LogP contribution is 2.23. The van der Waals surface area contributed by atoms with Crippen LogP contribution in [-0.2, 0) is 15.1 Å². The first-order chi connectivity index (χ1) is 11.7. The van der Waals surface area contributed by atoms with Crippen molar-refractivity contribution in [3.8, 4) is 0 Å². The van der Waals surface area contributed by atoms with Crippen molar-refractivity contribution >= 4 is 28.9 Å². The zero-order valence-electron chi connectivity index (χ0n) is 13.6. The van der Waals surface area contributed by atoms with E-state index in [1.165, 1.54) is 49.1 Å². The van der Waals surface area contributed by atoms with Crippen LogP contribution in [-0.4, -0.2) is 38.2 Å². The fourth-order valence-corrected chi connectivity index (χ4v) is 1.95. The Balaban J connectivity index is 1.99. The molecule has 0 atom stereocenters. The van der Waals surface area contributed by atoms with Crippen molar-refractivity contribution < 1.29 is 19.6 Å². The summed E-state index contributed by atoms with van der Waals surface area (Å²) in [4.78, 5) is 33.5. The molecule has 2 aromatic rings. The summed E-state index contributed by atoms with van der Waals surface area (Å²) in [5, 5.41) is 29.2. The second kappa shape index (κ2) is 6.99. The van der Waals surface area contributed by atoms with Crippen molar-refractivity contribution in [3.05, 3.63) is 46.8 Å². The summed E-state index contributed by atoms with van der Waals surface area (Å²) in [6.07, 6.45) is 2.73. The summed E-state index contributed by atoms with van der Waals surface area (Å²) in [6.45, 7) is 2.76. The number of carbonyl (C=O) groups is 2. The Kier molecular flexibility index (Phi) is 5.01. The van der Waals surface area contributed by atoms with E-state index < -0.39 is 22.3 Å². The van der Waals surface area contributed by atoms with Crippen LogP contribution in [0.25, 0.3) is 0 Å². The third-order valence-electron chi connectivity index (χ3n) is 3.50. The van der Waals surface area contributed by atoms with Gasteiger partial charge in [0, 0.05) is 12.3 Å². The number of nitro benzene ring substituents is 1. The molecule has 1 heterocycles. The molecular formula is C15H17N5O5. The Morgan fingerprint density at radius 2 is 2.04 bits per heavy atom. The van der Waals surface area contributed by atoms with E-state index in [1.807, 2.05) is 0 Å². The van der Waals surface area contributed by atoms with Crippen LogP contribution in [0.2, 0.25) is 0 Å². The molecule has 0 radical (unpaired) electrons. The molecule has 0 fully saturated rings. The van der Waals surface area contributed by atoms with Crippen LogP contribution in [0, 0.1) is 10.1 Å². The molecule has 0 aliphatic heterocycles. The van der Waals surface area contributed by atoms with Crippen LogP contribution in [0.15, 0.2) is 36.7 Å². The van der Waals surface area contributed by atoms with Crippen LogP contribution in [0.1, 0.15) is 13.8 Å². The highest BCUT2D eigenvalue weighted by molar-refractivity contribution is 5.93. The number of rotatable bonds is 7. The summed E-state index contributed by atoms with van der Waals surface area (Å²) in [5.74, 6) is -1.52. The maximum absolute atomic E-state index is 12.0. The molecule has 3 N–H and O–H groups in total. The zero-order valence-corrected chi connectivity index (χ0v) is 13.6. The molecule has 10 heteroatoms. The normalized spacial score (nSPS) is 11.0. The van der Waals surface area contributed by atoms with Gasteiger partial charge >= 0.3 is 5.97 Å². The zero-order chi connectivity index (χ0) is 18.6. The highest BCUT2D eigenvalue weighted by Gasteiger charge is 2.30. The van der Waals surface area contributed by atoms with Gasteiger partial charge in [0.2, 0.25) is 5.91 Å². The van der Waals surface area contributed by atoms with Crippen molar-refractivity contribution in [3.63, 3.8) is 0 Å². The minimum absolute atomic E-state index is 0.133. The standard InChI is InChI=1S/C15H17N5O5/c1-15(2,14(22)23)19-9-10(7-17-19)18-13(21)8-16-11-5-3-4-6-12(11)20(24)25/h3-7,9,16H,8H2,1-2H3,(H,18,21)(H,22,23). The predicted octanol–water partition coefficient (Wildman–Crippen LogP) is 1.66. The Bertz CT molecular complexity index is 814. The lowest BCUT2D eigenvalue weighted by atomic mass is 10.1. The number of amides is 1. The van der Waals surface area contributed by atoms with E-state index in [-0.39, 0.29) is 17.9 Å². The smallest absolute Gasteiger partial charge is 0.331 e. The summed E-state index contributed by atoms with van der Waals surface area (Å²) >= 11 is 0. The molecular weight excluding hydrogens is 330 g/mol. The first-order valence-corrected chi connectivity index (χ1v) is 7.27. The van der Waals surface area contributed by atoms with Gasteiger partial charge in [0.1, 0.15) is 5.69 Å². The Hall–Kier alpha value is -3.43. The molecule has 0 aliphatic rings. The van der Waals surface area contributed by atoms with Crippen LogP contribution in [0.3, 0.4) is 0 Å². The van der Waals surface area contributed by atoms with Crippen molar-refractivity contribution in [2.24, 2.45) is 0 Å². The van der Waals surface area contributed by atoms with Gasteiger partial charge in [-0.2, -0.15) is 5.10 Å². The topological polar surface area (TPSA) is 139 Å². The first kappa shape index (κ1) is 17.9. The van der Waals surface area contributed by atoms with Gasteiger partial charge in [-0.15, -0.1) is 0 Å². The Morgan fingerprint density at radius 1 is 1.36 bits per heavy atom. The number of hydrogen-bond donors (Lipinski definition) is 3. The van der Waals surface area contributed by atoms with Gasteiger partial charge in [-0.3, -0.25) is 19.6 Å². The van der Waals surface area contributed by atoms with E-state index in [4.69, 9.17) is 5.11 Å². The first-order valence-electron chi connectivity index (χ1n) is 7.27. The fourth-order valence-electron chi connectivity index (χ4n) is 1.95. The van der Waals surface area contributed by atoms with Gasteiger partial charge in [0.25, 0.3) is 5.69 Å². The number of benzene rings is 1. The van der Waals surface area contributed by atoms with Crippen LogP contribution in [0.5, 0.6) is 0 Å². The highest BCUT2D eigenvalue weighted by atomic mass is 16.6. The number of nitrogens with one attached hydrogen (secondary N) is 2. The quantitative estimate of drug-likeness (QED) is 0.511. The number of hydrogen-bond acceptors (Lipinski definition) is 6. The molecule has 10 nitrogen and oxygen atoms in total.